The third kappa shape index (κ3) is 2.70. The van der Waals surface area contributed by atoms with Crippen molar-refractivity contribution in [2.45, 2.75) is 12.8 Å². The Morgan fingerprint density at radius 1 is 0.955 bits per heavy atom. The summed E-state index contributed by atoms with van der Waals surface area (Å²) in [4.78, 5) is 25.6. The fraction of sp³-hybridized carbons (Fsp3) is 0.176. The van der Waals surface area contributed by atoms with Crippen LogP contribution in [0.1, 0.15) is 11.1 Å². The standard InChI is InChI=1S/C17H15ClN2O2/c18-11-16(21)19-17(22)20-14-7-3-1-5-12(14)9-10-13-6-2-4-8-15(13)20/h1-8H,9-11H2,(H,19,21,22). The van der Waals surface area contributed by atoms with E-state index in [0.29, 0.717) is 0 Å². The zero-order valence-corrected chi connectivity index (χ0v) is 12.6. The number of fused-ring (bicyclic) bond motifs is 2. The summed E-state index contributed by atoms with van der Waals surface area (Å²) in [7, 11) is 0. The molecule has 3 rings (SSSR count). The number of carbonyl (C=O) groups excluding carboxylic acids is 2. The number of anilines is 2. The van der Waals surface area contributed by atoms with Gasteiger partial charge in [0, 0.05) is 0 Å². The number of halogens is 1. The van der Waals surface area contributed by atoms with Gasteiger partial charge in [0.15, 0.2) is 0 Å². The molecule has 5 heteroatoms. The SMILES string of the molecule is O=C(CCl)NC(=O)N1c2ccccc2CCc2ccccc21. The van der Waals surface area contributed by atoms with Crippen LogP contribution in [-0.4, -0.2) is 17.8 Å². The number of aryl methyl sites for hydroxylation is 2. The van der Waals surface area contributed by atoms with Crippen molar-refractivity contribution in [3.05, 3.63) is 59.7 Å². The molecule has 4 nitrogen and oxygen atoms in total. The molecule has 0 unspecified atom stereocenters. The number of imide groups is 1. The maximum Gasteiger partial charge on any atom is 0.333 e. The van der Waals surface area contributed by atoms with E-state index in [9.17, 15) is 9.59 Å². The third-order valence-electron chi connectivity index (χ3n) is 3.70. The Bertz CT molecular complexity index is 683. The molecule has 112 valence electrons. The highest BCUT2D eigenvalue weighted by molar-refractivity contribution is 6.29. The quantitative estimate of drug-likeness (QED) is 0.820. The first-order valence-corrected chi connectivity index (χ1v) is 7.60. The Kier molecular flexibility index (Phi) is 4.11. The number of rotatable bonds is 1. The Morgan fingerprint density at radius 3 is 1.95 bits per heavy atom. The van der Waals surface area contributed by atoms with E-state index < -0.39 is 11.9 Å². The summed E-state index contributed by atoms with van der Waals surface area (Å²) >= 11 is 5.48. The number of amides is 3. The van der Waals surface area contributed by atoms with Gasteiger partial charge in [-0.05, 0) is 36.1 Å². The summed E-state index contributed by atoms with van der Waals surface area (Å²) in [6, 6.07) is 15.0. The molecule has 1 heterocycles. The first-order chi connectivity index (χ1) is 10.7. The van der Waals surface area contributed by atoms with Crippen molar-refractivity contribution in [1.82, 2.24) is 5.32 Å². The van der Waals surface area contributed by atoms with E-state index in [-0.39, 0.29) is 5.88 Å². The number of para-hydroxylation sites is 2. The van der Waals surface area contributed by atoms with E-state index in [1.165, 1.54) is 0 Å². The second-order valence-electron chi connectivity index (χ2n) is 5.08. The summed E-state index contributed by atoms with van der Waals surface area (Å²) in [5.74, 6) is -0.756. The van der Waals surface area contributed by atoms with Gasteiger partial charge in [0.05, 0.1) is 11.4 Å². The summed E-state index contributed by atoms with van der Waals surface area (Å²) < 4.78 is 0. The summed E-state index contributed by atoms with van der Waals surface area (Å²) in [5.41, 5.74) is 3.75. The van der Waals surface area contributed by atoms with Gasteiger partial charge in [0.2, 0.25) is 5.91 Å². The van der Waals surface area contributed by atoms with Crippen molar-refractivity contribution in [1.29, 1.82) is 0 Å². The number of hydrogen-bond donors (Lipinski definition) is 1. The fourth-order valence-electron chi connectivity index (χ4n) is 2.71. The minimum Gasteiger partial charge on any atom is -0.276 e. The van der Waals surface area contributed by atoms with Gasteiger partial charge < -0.3 is 0 Å². The maximum absolute atomic E-state index is 12.6. The molecule has 0 saturated heterocycles. The summed E-state index contributed by atoms with van der Waals surface area (Å²) in [6.07, 6.45) is 1.70. The van der Waals surface area contributed by atoms with Gasteiger partial charge in [-0.1, -0.05) is 36.4 Å². The summed E-state index contributed by atoms with van der Waals surface area (Å²) in [5, 5.41) is 2.32. The molecule has 1 aliphatic rings. The van der Waals surface area contributed by atoms with E-state index in [4.69, 9.17) is 11.6 Å². The van der Waals surface area contributed by atoms with Crippen molar-refractivity contribution in [2.75, 3.05) is 10.8 Å². The largest absolute Gasteiger partial charge is 0.333 e. The van der Waals surface area contributed by atoms with Crippen LogP contribution in [0.25, 0.3) is 0 Å². The average Bonchev–Trinajstić information content (AvgIpc) is 2.71. The Morgan fingerprint density at radius 2 is 1.45 bits per heavy atom. The molecule has 0 aliphatic carbocycles. The monoisotopic (exact) mass is 314 g/mol. The van der Waals surface area contributed by atoms with E-state index in [0.717, 1.165) is 35.3 Å². The van der Waals surface area contributed by atoms with Crippen LogP contribution in [0, 0.1) is 0 Å². The van der Waals surface area contributed by atoms with Crippen molar-refractivity contribution < 1.29 is 9.59 Å². The second kappa shape index (κ2) is 6.20. The van der Waals surface area contributed by atoms with Crippen LogP contribution >= 0.6 is 11.6 Å². The molecular weight excluding hydrogens is 300 g/mol. The van der Waals surface area contributed by atoms with Crippen molar-refractivity contribution in [2.24, 2.45) is 0 Å². The molecular formula is C17H15ClN2O2. The molecule has 0 aromatic heterocycles. The van der Waals surface area contributed by atoms with Crippen molar-refractivity contribution in [3.63, 3.8) is 0 Å². The Balaban J connectivity index is 2.10. The van der Waals surface area contributed by atoms with E-state index >= 15 is 0 Å². The highest BCUT2D eigenvalue weighted by atomic mass is 35.5. The zero-order valence-electron chi connectivity index (χ0n) is 11.9. The minimum absolute atomic E-state index is 0.247. The van der Waals surface area contributed by atoms with Gasteiger partial charge in [0.25, 0.3) is 0 Å². The molecule has 0 bridgehead atoms. The van der Waals surface area contributed by atoms with Gasteiger partial charge in [-0.3, -0.25) is 15.0 Å². The van der Waals surface area contributed by atoms with Gasteiger partial charge in [-0.15, -0.1) is 11.6 Å². The highest BCUT2D eigenvalue weighted by Gasteiger charge is 2.26. The molecule has 3 amide bonds. The number of nitrogens with one attached hydrogen (secondary N) is 1. The lowest BCUT2D eigenvalue weighted by molar-refractivity contribution is -0.117. The number of alkyl halides is 1. The molecule has 0 spiro atoms. The van der Waals surface area contributed by atoms with Crippen molar-refractivity contribution >= 4 is 34.9 Å². The average molecular weight is 315 g/mol. The topological polar surface area (TPSA) is 49.4 Å². The molecule has 0 fully saturated rings. The van der Waals surface area contributed by atoms with Gasteiger partial charge in [-0.2, -0.15) is 0 Å². The predicted octanol–water partition coefficient (Wildman–Crippen LogP) is 3.40. The molecule has 0 saturated carbocycles. The number of benzene rings is 2. The van der Waals surface area contributed by atoms with Crippen LogP contribution in [0.15, 0.2) is 48.5 Å². The van der Waals surface area contributed by atoms with Crippen LogP contribution in [0.3, 0.4) is 0 Å². The van der Waals surface area contributed by atoms with E-state index in [1.807, 2.05) is 48.5 Å². The van der Waals surface area contributed by atoms with Gasteiger partial charge in [-0.25, -0.2) is 4.79 Å². The third-order valence-corrected chi connectivity index (χ3v) is 3.94. The van der Waals surface area contributed by atoms with Crippen LogP contribution in [-0.2, 0) is 17.6 Å². The minimum atomic E-state index is -0.508. The normalized spacial score (nSPS) is 12.9. The van der Waals surface area contributed by atoms with Crippen LogP contribution in [0.5, 0.6) is 0 Å². The van der Waals surface area contributed by atoms with Gasteiger partial charge >= 0.3 is 6.03 Å². The lowest BCUT2D eigenvalue weighted by Gasteiger charge is -2.24. The Labute approximate surface area is 133 Å². The predicted molar refractivity (Wildman–Crippen MR) is 86.7 cm³/mol. The molecule has 0 atom stereocenters. The number of nitrogens with zero attached hydrogens (tertiary/aromatic N) is 1. The number of hydrogen-bond acceptors (Lipinski definition) is 2. The lowest BCUT2D eigenvalue weighted by atomic mass is 10.0. The number of urea groups is 1. The van der Waals surface area contributed by atoms with Crippen LogP contribution in [0.2, 0.25) is 0 Å². The lowest BCUT2D eigenvalue weighted by Crippen LogP contribution is -2.41. The first-order valence-electron chi connectivity index (χ1n) is 7.06. The molecule has 1 N–H and O–H groups in total. The Hall–Kier alpha value is -2.33. The molecule has 1 aliphatic heterocycles. The molecule has 2 aromatic rings. The fourth-order valence-corrected chi connectivity index (χ4v) is 2.77. The summed E-state index contributed by atoms with van der Waals surface area (Å²) in [6.45, 7) is 0. The molecule has 22 heavy (non-hydrogen) atoms. The number of carbonyl (C=O) groups is 2. The highest BCUT2D eigenvalue weighted by Crippen LogP contribution is 2.35. The molecule has 0 radical (unpaired) electrons. The second-order valence-corrected chi connectivity index (χ2v) is 5.35. The van der Waals surface area contributed by atoms with Gasteiger partial charge in [0.1, 0.15) is 5.88 Å². The molecule has 2 aromatic carbocycles. The smallest absolute Gasteiger partial charge is 0.276 e. The van der Waals surface area contributed by atoms with E-state index in [2.05, 4.69) is 5.32 Å². The van der Waals surface area contributed by atoms with Crippen molar-refractivity contribution in [3.8, 4) is 0 Å². The maximum atomic E-state index is 12.6. The first kappa shape index (κ1) is 14.6. The van der Waals surface area contributed by atoms with Crippen LogP contribution in [0.4, 0.5) is 16.2 Å². The zero-order chi connectivity index (χ0) is 15.5. The van der Waals surface area contributed by atoms with E-state index in [1.54, 1.807) is 4.90 Å². The van der Waals surface area contributed by atoms with Crippen LogP contribution < -0.4 is 10.2 Å².